The molecule has 0 saturated carbocycles. The summed E-state index contributed by atoms with van der Waals surface area (Å²) in [5.74, 6) is -0.986. The lowest BCUT2D eigenvalue weighted by Crippen LogP contribution is -2.26. The molecule has 1 amide bonds. The molecule has 1 unspecified atom stereocenters. The van der Waals surface area contributed by atoms with Crippen LogP contribution in [-0.4, -0.2) is 22.6 Å². The molecule has 4 aromatic rings. The Morgan fingerprint density at radius 2 is 1.78 bits per heavy atom. The van der Waals surface area contributed by atoms with Crippen molar-refractivity contribution in [1.82, 2.24) is 4.98 Å². The Hall–Kier alpha value is -3.58. The first-order chi connectivity index (χ1) is 15.5. The Bertz CT molecular complexity index is 1220. The van der Waals surface area contributed by atoms with E-state index in [2.05, 4.69) is 10.3 Å². The van der Waals surface area contributed by atoms with Gasteiger partial charge in [-0.2, -0.15) is 0 Å². The maximum absolute atomic E-state index is 13.1. The summed E-state index contributed by atoms with van der Waals surface area (Å²) in [4.78, 5) is 30.0. The molecule has 3 aromatic carbocycles. The lowest BCUT2D eigenvalue weighted by Gasteiger charge is -2.19. The van der Waals surface area contributed by atoms with E-state index in [-0.39, 0.29) is 5.75 Å². The van der Waals surface area contributed by atoms with Crippen molar-refractivity contribution in [2.75, 3.05) is 11.1 Å². The first kappa shape index (κ1) is 21.6. The molecule has 0 radical (unpaired) electrons. The summed E-state index contributed by atoms with van der Waals surface area (Å²) in [7, 11) is 0. The van der Waals surface area contributed by atoms with Crippen molar-refractivity contribution in [3.63, 3.8) is 0 Å². The molecule has 0 spiro atoms. The molecular weight excluding hydrogens is 424 g/mol. The van der Waals surface area contributed by atoms with Gasteiger partial charge in [0.25, 0.3) is 11.1 Å². The number of fused-ring (bicyclic) bond motifs is 1. The van der Waals surface area contributed by atoms with Crippen LogP contribution in [0.1, 0.15) is 22.8 Å². The van der Waals surface area contributed by atoms with Crippen LogP contribution < -0.4 is 5.32 Å². The number of para-hydroxylation sites is 2. The molecular formula is C25H22N2O4S. The molecule has 162 valence electrons. The summed E-state index contributed by atoms with van der Waals surface area (Å²) in [6.07, 6.45) is -1.08. The largest absolute Gasteiger partial charge is 0.447 e. The number of esters is 1. The van der Waals surface area contributed by atoms with Gasteiger partial charge < -0.3 is 14.5 Å². The van der Waals surface area contributed by atoms with E-state index in [9.17, 15) is 9.59 Å². The van der Waals surface area contributed by atoms with Crippen LogP contribution in [0.15, 0.2) is 82.4 Å². The second kappa shape index (κ2) is 9.70. The number of oxazole rings is 1. The van der Waals surface area contributed by atoms with Crippen LogP contribution in [0.2, 0.25) is 0 Å². The van der Waals surface area contributed by atoms with Gasteiger partial charge in [-0.3, -0.25) is 9.59 Å². The third kappa shape index (κ3) is 5.18. The average molecular weight is 447 g/mol. The topological polar surface area (TPSA) is 81.4 Å². The van der Waals surface area contributed by atoms with Gasteiger partial charge in [-0.15, -0.1) is 0 Å². The van der Waals surface area contributed by atoms with E-state index in [0.717, 1.165) is 28.4 Å². The number of amides is 1. The van der Waals surface area contributed by atoms with Crippen LogP contribution in [0.3, 0.4) is 0 Å². The number of aryl methyl sites for hydroxylation is 2. The molecule has 0 bridgehead atoms. The summed E-state index contributed by atoms with van der Waals surface area (Å²) >= 11 is 1.13. The molecule has 6 nitrogen and oxygen atoms in total. The van der Waals surface area contributed by atoms with Crippen molar-refractivity contribution < 1.29 is 18.7 Å². The number of carbonyl (C=O) groups is 2. The Morgan fingerprint density at radius 3 is 2.56 bits per heavy atom. The highest BCUT2D eigenvalue weighted by atomic mass is 32.2. The van der Waals surface area contributed by atoms with Crippen molar-refractivity contribution in [2.45, 2.75) is 25.2 Å². The zero-order chi connectivity index (χ0) is 22.5. The van der Waals surface area contributed by atoms with Gasteiger partial charge in [0.1, 0.15) is 11.3 Å². The maximum Gasteiger partial charge on any atom is 0.317 e. The molecule has 0 fully saturated rings. The third-order valence-electron chi connectivity index (χ3n) is 4.83. The second-order valence-corrected chi connectivity index (χ2v) is 8.25. The molecule has 7 heteroatoms. The van der Waals surface area contributed by atoms with Crippen molar-refractivity contribution in [3.05, 3.63) is 89.5 Å². The highest BCUT2D eigenvalue weighted by molar-refractivity contribution is 7.99. The van der Waals surface area contributed by atoms with Crippen LogP contribution in [-0.2, 0) is 14.3 Å². The first-order valence-corrected chi connectivity index (χ1v) is 11.1. The second-order valence-electron chi connectivity index (χ2n) is 7.32. The van der Waals surface area contributed by atoms with Gasteiger partial charge in [0.05, 0.1) is 0 Å². The molecule has 0 aliphatic carbocycles. The fourth-order valence-electron chi connectivity index (χ4n) is 3.17. The Balaban J connectivity index is 1.47. The number of benzene rings is 3. The van der Waals surface area contributed by atoms with E-state index in [0.29, 0.717) is 22.1 Å². The standard InChI is InChI=1S/C25H22N2O4S/c1-16-12-13-17(2)20(14-16)26-24(29)23(18-8-4-3-5-9-18)31-22(28)15-32-25-27-19-10-6-7-11-21(19)30-25/h3-14,23H,15H2,1-2H3,(H,26,29). The summed E-state index contributed by atoms with van der Waals surface area (Å²) in [6.45, 7) is 3.86. The predicted molar refractivity (Wildman–Crippen MR) is 125 cm³/mol. The number of ether oxygens (including phenoxy) is 1. The number of nitrogens with zero attached hydrogens (tertiary/aromatic N) is 1. The van der Waals surface area contributed by atoms with Crippen LogP contribution in [0.25, 0.3) is 11.1 Å². The van der Waals surface area contributed by atoms with Crippen molar-refractivity contribution >= 4 is 40.4 Å². The summed E-state index contributed by atoms with van der Waals surface area (Å²) < 4.78 is 11.2. The number of carbonyl (C=O) groups excluding carboxylic acids is 2. The van der Waals surface area contributed by atoms with Gasteiger partial charge >= 0.3 is 5.97 Å². The SMILES string of the molecule is Cc1ccc(C)c(NC(=O)C(OC(=O)CSc2nc3ccccc3o2)c2ccccc2)c1. The predicted octanol–water partition coefficient (Wildman–Crippen LogP) is 5.46. The maximum atomic E-state index is 13.1. The number of anilines is 1. The van der Waals surface area contributed by atoms with E-state index < -0.39 is 18.0 Å². The fraction of sp³-hybridized carbons (Fsp3) is 0.160. The van der Waals surface area contributed by atoms with Gasteiger partial charge in [0, 0.05) is 11.3 Å². The molecule has 1 atom stereocenters. The number of hydrogen-bond donors (Lipinski definition) is 1. The van der Waals surface area contributed by atoms with Gasteiger partial charge in [0.15, 0.2) is 5.58 Å². The molecule has 1 N–H and O–H groups in total. The minimum Gasteiger partial charge on any atom is -0.447 e. The normalized spacial score (nSPS) is 11.8. The molecule has 0 aliphatic rings. The molecule has 0 aliphatic heterocycles. The molecule has 1 aromatic heterocycles. The quantitative estimate of drug-likeness (QED) is 0.300. The first-order valence-electron chi connectivity index (χ1n) is 10.1. The number of aromatic nitrogens is 1. The number of nitrogens with one attached hydrogen (secondary N) is 1. The molecule has 0 saturated heterocycles. The highest BCUT2D eigenvalue weighted by Gasteiger charge is 2.26. The van der Waals surface area contributed by atoms with E-state index >= 15 is 0 Å². The van der Waals surface area contributed by atoms with Crippen molar-refractivity contribution in [2.24, 2.45) is 0 Å². The van der Waals surface area contributed by atoms with Crippen LogP contribution in [0.4, 0.5) is 5.69 Å². The lowest BCUT2D eigenvalue weighted by atomic mass is 10.1. The monoisotopic (exact) mass is 446 g/mol. The number of thioether (sulfide) groups is 1. The lowest BCUT2D eigenvalue weighted by molar-refractivity contribution is -0.152. The highest BCUT2D eigenvalue weighted by Crippen LogP contribution is 2.26. The van der Waals surface area contributed by atoms with Crippen molar-refractivity contribution in [3.8, 4) is 0 Å². The minimum absolute atomic E-state index is 0.0348. The number of hydrogen-bond acceptors (Lipinski definition) is 6. The van der Waals surface area contributed by atoms with E-state index in [4.69, 9.17) is 9.15 Å². The van der Waals surface area contributed by atoms with Gasteiger partial charge in [0.2, 0.25) is 6.10 Å². The van der Waals surface area contributed by atoms with Gasteiger partial charge in [-0.05, 0) is 43.2 Å². The zero-order valence-electron chi connectivity index (χ0n) is 17.7. The Morgan fingerprint density at radius 1 is 1.03 bits per heavy atom. The fourth-order valence-corrected chi connectivity index (χ4v) is 3.79. The molecule has 1 heterocycles. The van der Waals surface area contributed by atoms with E-state index in [1.54, 1.807) is 24.3 Å². The van der Waals surface area contributed by atoms with Crippen molar-refractivity contribution in [1.29, 1.82) is 0 Å². The average Bonchev–Trinajstić information content (AvgIpc) is 3.22. The van der Waals surface area contributed by atoms with E-state index in [1.807, 2.05) is 62.4 Å². The summed E-state index contributed by atoms with van der Waals surface area (Å²) in [6, 6.07) is 22.1. The van der Waals surface area contributed by atoms with Crippen LogP contribution in [0.5, 0.6) is 0 Å². The van der Waals surface area contributed by atoms with Gasteiger partial charge in [-0.25, -0.2) is 4.98 Å². The smallest absolute Gasteiger partial charge is 0.317 e. The summed E-state index contributed by atoms with van der Waals surface area (Å²) in [5.41, 5.74) is 4.60. The summed E-state index contributed by atoms with van der Waals surface area (Å²) in [5, 5.41) is 3.27. The third-order valence-corrected chi connectivity index (χ3v) is 5.63. The minimum atomic E-state index is -1.08. The Labute approximate surface area is 190 Å². The van der Waals surface area contributed by atoms with Gasteiger partial charge in [-0.1, -0.05) is 66.4 Å². The number of rotatable bonds is 7. The van der Waals surface area contributed by atoms with Crippen LogP contribution >= 0.6 is 11.8 Å². The molecule has 4 rings (SSSR count). The van der Waals surface area contributed by atoms with E-state index in [1.165, 1.54) is 0 Å². The Kier molecular flexibility index (Phi) is 6.56. The molecule has 32 heavy (non-hydrogen) atoms. The zero-order valence-corrected chi connectivity index (χ0v) is 18.5. The van der Waals surface area contributed by atoms with Crippen LogP contribution in [0, 0.1) is 13.8 Å².